The molecule has 1 N–H and O–H groups in total. The maximum atomic E-state index is 10.9. The van der Waals surface area contributed by atoms with Gasteiger partial charge in [-0.2, -0.15) is 0 Å². The van der Waals surface area contributed by atoms with E-state index in [4.69, 9.17) is 0 Å². The van der Waals surface area contributed by atoms with Gasteiger partial charge in [0.1, 0.15) is 5.01 Å². The van der Waals surface area contributed by atoms with Gasteiger partial charge in [0.2, 0.25) is 11.0 Å². The highest BCUT2D eigenvalue weighted by atomic mass is 79.9. The van der Waals surface area contributed by atoms with Crippen molar-refractivity contribution in [3.05, 3.63) is 5.01 Å². The lowest BCUT2D eigenvalue weighted by Crippen LogP contribution is -2.11. The average Bonchev–Trinajstić information content (AvgIpc) is 2.53. The molecule has 1 heterocycles. The van der Waals surface area contributed by atoms with Crippen LogP contribution in [0.3, 0.4) is 0 Å². The lowest BCUT2D eigenvalue weighted by Gasteiger charge is -1.93. The van der Waals surface area contributed by atoms with Crippen molar-refractivity contribution in [3.8, 4) is 0 Å². The van der Waals surface area contributed by atoms with E-state index < -0.39 is 0 Å². The Morgan fingerprint density at radius 1 is 1.62 bits per heavy atom. The number of nitrogens with one attached hydrogen (secondary N) is 1. The van der Waals surface area contributed by atoms with Crippen LogP contribution in [-0.2, 0) is 11.2 Å². The second kappa shape index (κ2) is 5.29. The molecule has 72 valence electrons. The van der Waals surface area contributed by atoms with Gasteiger partial charge in [0.25, 0.3) is 0 Å². The molecular weight excluding hydrogens is 254 g/mol. The number of halogens is 1. The summed E-state index contributed by atoms with van der Waals surface area (Å²) < 4.78 is 0. The van der Waals surface area contributed by atoms with Gasteiger partial charge in [0.05, 0.1) is 5.33 Å². The second-order valence-corrected chi connectivity index (χ2v) is 4.06. The number of carbonyl (C=O) groups excluding carboxylic acids is 1. The molecule has 0 fully saturated rings. The molecule has 0 spiro atoms. The molecule has 6 heteroatoms. The highest BCUT2D eigenvalue weighted by Gasteiger charge is 2.05. The minimum absolute atomic E-state index is 0.0980. The summed E-state index contributed by atoms with van der Waals surface area (Å²) in [7, 11) is 0. The maximum absolute atomic E-state index is 10.9. The second-order valence-electron chi connectivity index (χ2n) is 2.43. The molecule has 0 atom stereocenters. The van der Waals surface area contributed by atoms with E-state index in [-0.39, 0.29) is 11.2 Å². The number of amides is 1. The van der Waals surface area contributed by atoms with Crippen molar-refractivity contribution >= 4 is 38.3 Å². The monoisotopic (exact) mass is 263 g/mol. The minimum atomic E-state index is -0.0980. The molecule has 0 radical (unpaired) electrons. The lowest BCUT2D eigenvalue weighted by atomic mass is 10.4. The summed E-state index contributed by atoms with van der Waals surface area (Å²) in [4.78, 5) is 10.9. The van der Waals surface area contributed by atoms with E-state index in [0.29, 0.717) is 5.13 Å². The average molecular weight is 264 g/mol. The Morgan fingerprint density at radius 3 is 3.00 bits per heavy atom. The Bertz CT molecular complexity index is 289. The van der Waals surface area contributed by atoms with Crippen molar-refractivity contribution in [2.24, 2.45) is 0 Å². The van der Waals surface area contributed by atoms with Crippen LogP contribution in [0.15, 0.2) is 0 Å². The fourth-order valence-corrected chi connectivity index (χ4v) is 1.77. The fraction of sp³-hybridized carbons (Fsp3) is 0.571. The summed E-state index contributed by atoms with van der Waals surface area (Å²) in [5.74, 6) is -0.0980. The van der Waals surface area contributed by atoms with Gasteiger partial charge in [-0.1, -0.05) is 34.2 Å². The van der Waals surface area contributed by atoms with Crippen LogP contribution in [-0.4, -0.2) is 21.4 Å². The highest BCUT2D eigenvalue weighted by Crippen LogP contribution is 2.16. The predicted octanol–water partition coefficient (Wildman–Crippen LogP) is 1.82. The molecular formula is C7H10BrN3OS. The fourth-order valence-electron chi connectivity index (χ4n) is 0.772. The zero-order valence-electron chi connectivity index (χ0n) is 7.21. The first kappa shape index (κ1) is 10.6. The first-order valence-corrected chi connectivity index (χ1v) is 5.88. The number of aryl methyl sites for hydroxylation is 1. The lowest BCUT2D eigenvalue weighted by molar-refractivity contribution is -0.113. The number of nitrogens with zero attached hydrogens (tertiary/aromatic N) is 2. The van der Waals surface area contributed by atoms with Gasteiger partial charge < -0.3 is 0 Å². The smallest absolute Gasteiger partial charge is 0.236 e. The van der Waals surface area contributed by atoms with E-state index in [1.165, 1.54) is 11.3 Å². The summed E-state index contributed by atoms with van der Waals surface area (Å²) >= 11 is 4.48. The summed E-state index contributed by atoms with van der Waals surface area (Å²) in [5.41, 5.74) is 0. The number of carbonyl (C=O) groups is 1. The van der Waals surface area contributed by atoms with Gasteiger partial charge in [-0.25, -0.2) is 0 Å². The third kappa shape index (κ3) is 3.40. The highest BCUT2D eigenvalue weighted by molar-refractivity contribution is 9.09. The van der Waals surface area contributed by atoms with Crippen LogP contribution in [0.25, 0.3) is 0 Å². The number of alkyl halides is 1. The van der Waals surface area contributed by atoms with Crippen LogP contribution in [0.2, 0.25) is 0 Å². The van der Waals surface area contributed by atoms with Gasteiger partial charge >= 0.3 is 0 Å². The molecule has 1 aromatic heterocycles. The summed E-state index contributed by atoms with van der Waals surface area (Å²) in [6.45, 7) is 2.08. The first-order valence-electron chi connectivity index (χ1n) is 3.94. The van der Waals surface area contributed by atoms with Gasteiger partial charge in [-0.05, 0) is 6.42 Å². The molecule has 1 rings (SSSR count). The van der Waals surface area contributed by atoms with Crippen molar-refractivity contribution in [1.82, 2.24) is 10.2 Å². The molecule has 0 aliphatic carbocycles. The van der Waals surface area contributed by atoms with Crippen molar-refractivity contribution in [2.75, 3.05) is 10.6 Å². The third-order valence-corrected chi connectivity index (χ3v) is 2.71. The maximum Gasteiger partial charge on any atom is 0.236 e. The summed E-state index contributed by atoms with van der Waals surface area (Å²) in [5, 5.41) is 12.2. The quantitative estimate of drug-likeness (QED) is 0.844. The van der Waals surface area contributed by atoms with E-state index in [1.54, 1.807) is 0 Å². The van der Waals surface area contributed by atoms with Crippen molar-refractivity contribution < 1.29 is 4.79 Å². The zero-order valence-corrected chi connectivity index (χ0v) is 9.61. The van der Waals surface area contributed by atoms with Crippen LogP contribution in [0.5, 0.6) is 0 Å². The van der Waals surface area contributed by atoms with Crippen LogP contribution in [0.4, 0.5) is 5.13 Å². The third-order valence-electron chi connectivity index (χ3n) is 1.30. The van der Waals surface area contributed by atoms with Crippen molar-refractivity contribution in [3.63, 3.8) is 0 Å². The molecule has 0 bridgehead atoms. The molecule has 0 aliphatic rings. The van der Waals surface area contributed by atoms with Gasteiger partial charge in [0, 0.05) is 6.42 Å². The largest absolute Gasteiger partial charge is 0.300 e. The van der Waals surface area contributed by atoms with Crippen LogP contribution in [0.1, 0.15) is 18.4 Å². The van der Waals surface area contributed by atoms with Crippen molar-refractivity contribution in [1.29, 1.82) is 0 Å². The number of hydrogen-bond acceptors (Lipinski definition) is 4. The van der Waals surface area contributed by atoms with Gasteiger partial charge in [0.15, 0.2) is 0 Å². The number of aromatic nitrogens is 2. The normalized spacial score (nSPS) is 10.0. The number of hydrogen-bond donors (Lipinski definition) is 1. The molecule has 13 heavy (non-hydrogen) atoms. The molecule has 4 nitrogen and oxygen atoms in total. The SMILES string of the molecule is CCCc1nnc(NC(=O)CBr)s1. The van der Waals surface area contributed by atoms with Crippen molar-refractivity contribution in [2.45, 2.75) is 19.8 Å². The van der Waals surface area contributed by atoms with E-state index in [1.807, 2.05) is 0 Å². The molecule has 0 saturated heterocycles. The van der Waals surface area contributed by atoms with Gasteiger partial charge in [-0.15, -0.1) is 10.2 Å². The van der Waals surface area contributed by atoms with E-state index in [2.05, 4.69) is 38.4 Å². The first-order chi connectivity index (χ1) is 6.26. The van der Waals surface area contributed by atoms with E-state index in [0.717, 1.165) is 17.8 Å². The van der Waals surface area contributed by atoms with Crippen LogP contribution in [0, 0.1) is 0 Å². The Balaban J connectivity index is 2.53. The summed E-state index contributed by atoms with van der Waals surface area (Å²) in [6, 6.07) is 0. The van der Waals surface area contributed by atoms with E-state index >= 15 is 0 Å². The van der Waals surface area contributed by atoms with Crippen LogP contribution < -0.4 is 5.32 Å². The van der Waals surface area contributed by atoms with Crippen LogP contribution >= 0.6 is 27.3 Å². The van der Waals surface area contributed by atoms with Gasteiger partial charge in [-0.3, -0.25) is 10.1 Å². The Morgan fingerprint density at radius 2 is 2.38 bits per heavy atom. The minimum Gasteiger partial charge on any atom is -0.300 e. The van der Waals surface area contributed by atoms with E-state index in [9.17, 15) is 4.79 Å². The Hall–Kier alpha value is -0.490. The molecule has 1 aromatic rings. The summed E-state index contributed by atoms with van der Waals surface area (Å²) in [6.07, 6.45) is 1.96. The molecule has 0 aliphatic heterocycles. The number of anilines is 1. The predicted molar refractivity (Wildman–Crippen MR) is 56.3 cm³/mol. The molecule has 0 unspecified atom stereocenters. The standard InChI is InChI=1S/C7H10BrN3OS/c1-2-3-6-10-11-7(13-6)9-5(12)4-8/h2-4H2,1H3,(H,9,11,12). The zero-order chi connectivity index (χ0) is 9.68. The molecule has 0 aromatic carbocycles. The molecule has 1 amide bonds. The molecule has 0 saturated carbocycles. The topological polar surface area (TPSA) is 54.9 Å². The Labute approximate surface area is 88.9 Å². The Kier molecular flexibility index (Phi) is 4.31. The number of rotatable bonds is 4.